The van der Waals surface area contributed by atoms with Gasteiger partial charge in [-0.05, 0) is 23.8 Å². The molecule has 2 aromatic carbocycles. The van der Waals surface area contributed by atoms with Crippen molar-refractivity contribution in [2.24, 2.45) is 0 Å². The van der Waals surface area contributed by atoms with E-state index in [2.05, 4.69) is 10.9 Å². The molecule has 2 rings (SSSR count). The van der Waals surface area contributed by atoms with E-state index in [1.165, 1.54) is 24.3 Å². The van der Waals surface area contributed by atoms with Crippen LogP contribution in [0.3, 0.4) is 0 Å². The smallest absolute Gasteiger partial charge is 0.268 e. The number of nitrogens with one attached hydrogen (secondary N) is 2. The molecule has 0 aromatic heterocycles. The molecule has 0 saturated carbocycles. The van der Waals surface area contributed by atoms with E-state index < -0.39 is 16.7 Å². The van der Waals surface area contributed by atoms with E-state index in [0.717, 1.165) is 12.1 Å². The van der Waals surface area contributed by atoms with E-state index in [1.54, 1.807) is 18.2 Å². The maximum atomic E-state index is 11.9. The van der Waals surface area contributed by atoms with Gasteiger partial charge in [-0.2, -0.15) is 0 Å². The van der Waals surface area contributed by atoms with E-state index >= 15 is 0 Å². The normalized spacial score (nSPS) is 10.5. The molecule has 128 valence electrons. The van der Waals surface area contributed by atoms with Crippen molar-refractivity contribution in [3.63, 3.8) is 0 Å². The van der Waals surface area contributed by atoms with Crippen molar-refractivity contribution in [3.05, 3.63) is 79.8 Å². The number of hydrazine groups is 1. The average Bonchev–Trinajstić information content (AvgIpc) is 2.61. The number of non-ortho nitro benzene ring substituents is 1. The molecule has 0 fully saturated rings. The number of carbonyl (C=O) groups is 2. The Balaban J connectivity index is 1.96. The van der Waals surface area contributed by atoms with Crippen LogP contribution in [0.4, 0.5) is 5.69 Å². The molecule has 2 N–H and O–H groups in total. The molecule has 0 saturated heterocycles. The van der Waals surface area contributed by atoms with Crippen molar-refractivity contribution < 1.29 is 14.5 Å². The maximum Gasteiger partial charge on any atom is 0.270 e. The largest absolute Gasteiger partial charge is 0.270 e. The molecule has 0 aliphatic heterocycles. The summed E-state index contributed by atoms with van der Waals surface area (Å²) in [5.74, 6) is -1.30. The van der Waals surface area contributed by atoms with E-state index in [4.69, 9.17) is 23.2 Å². The Morgan fingerprint density at radius 3 is 2.52 bits per heavy atom. The van der Waals surface area contributed by atoms with E-state index in [9.17, 15) is 19.7 Å². The highest BCUT2D eigenvalue weighted by Crippen LogP contribution is 2.26. The van der Waals surface area contributed by atoms with E-state index in [-0.39, 0.29) is 11.3 Å². The quantitative estimate of drug-likeness (QED) is 0.482. The summed E-state index contributed by atoms with van der Waals surface area (Å²) in [5.41, 5.74) is 4.67. The van der Waals surface area contributed by atoms with Crippen LogP contribution in [0.1, 0.15) is 15.9 Å². The van der Waals surface area contributed by atoms with Crippen LogP contribution in [0.5, 0.6) is 0 Å². The molecule has 0 aliphatic carbocycles. The lowest BCUT2D eigenvalue weighted by Crippen LogP contribution is -2.40. The van der Waals surface area contributed by atoms with Crippen LogP contribution < -0.4 is 10.9 Å². The summed E-state index contributed by atoms with van der Waals surface area (Å²) in [5, 5.41) is 11.3. The van der Waals surface area contributed by atoms with Gasteiger partial charge < -0.3 is 0 Å². The Morgan fingerprint density at radius 2 is 1.80 bits per heavy atom. The van der Waals surface area contributed by atoms with Gasteiger partial charge in [-0.1, -0.05) is 41.4 Å². The van der Waals surface area contributed by atoms with Crippen molar-refractivity contribution in [1.82, 2.24) is 10.9 Å². The number of benzene rings is 2. The first kappa shape index (κ1) is 18.4. The minimum atomic E-state index is -0.689. The average molecular weight is 380 g/mol. The van der Waals surface area contributed by atoms with Gasteiger partial charge in [0.25, 0.3) is 17.5 Å². The second kappa shape index (κ2) is 8.27. The summed E-state index contributed by atoms with van der Waals surface area (Å²) >= 11 is 11.8. The maximum absolute atomic E-state index is 11.9. The zero-order valence-corrected chi connectivity index (χ0v) is 14.0. The number of halogens is 2. The van der Waals surface area contributed by atoms with Gasteiger partial charge >= 0.3 is 0 Å². The predicted molar refractivity (Wildman–Crippen MR) is 94.2 cm³/mol. The van der Waals surface area contributed by atoms with E-state index in [1.807, 2.05) is 0 Å². The molecule has 25 heavy (non-hydrogen) atoms. The number of rotatable bonds is 4. The Bertz CT molecular complexity index is 868. The topological polar surface area (TPSA) is 101 Å². The Hall–Kier alpha value is -2.90. The molecule has 9 heteroatoms. The van der Waals surface area contributed by atoms with Crippen LogP contribution >= 0.6 is 23.2 Å². The van der Waals surface area contributed by atoms with Crippen LogP contribution in [-0.4, -0.2) is 16.7 Å². The van der Waals surface area contributed by atoms with Crippen molar-refractivity contribution in [3.8, 4) is 0 Å². The molecule has 0 bridgehead atoms. The molecule has 0 unspecified atom stereocenters. The molecule has 7 nitrogen and oxygen atoms in total. The minimum absolute atomic E-state index is 0.0383. The van der Waals surface area contributed by atoms with Gasteiger partial charge in [-0.25, -0.2) is 0 Å². The van der Waals surface area contributed by atoms with E-state index in [0.29, 0.717) is 15.6 Å². The molecule has 0 atom stereocenters. The number of nitro benzene ring substituents is 1. The molecule has 2 amide bonds. The molecular formula is C16H11Cl2N3O4. The van der Waals surface area contributed by atoms with Crippen LogP contribution in [-0.2, 0) is 4.79 Å². The second-order valence-corrected chi connectivity index (χ2v) is 5.51. The Kier molecular flexibility index (Phi) is 6.10. The number of nitrogens with zero attached hydrogens (tertiary/aromatic N) is 1. The third-order valence-electron chi connectivity index (χ3n) is 3.01. The zero-order valence-electron chi connectivity index (χ0n) is 12.5. The third-order valence-corrected chi connectivity index (χ3v) is 3.85. The minimum Gasteiger partial charge on any atom is -0.268 e. The summed E-state index contributed by atoms with van der Waals surface area (Å²) in [4.78, 5) is 33.7. The Morgan fingerprint density at radius 1 is 1.08 bits per heavy atom. The summed E-state index contributed by atoms with van der Waals surface area (Å²) in [7, 11) is 0. The number of hydrogen-bond donors (Lipinski definition) is 2. The lowest BCUT2D eigenvalue weighted by atomic mass is 10.2. The fraction of sp³-hybridized carbons (Fsp3) is 0. The van der Waals surface area contributed by atoms with Crippen LogP contribution in [0.15, 0.2) is 48.5 Å². The zero-order chi connectivity index (χ0) is 18.4. The highest BCUT2D eigenvalue weighted by Gasteiger charge is 2.11. The summed E-state index contributed by atoms with van der Waals surface area (Å²) in [6.07, 6.45) is 2.59. The first-order chi connectivity index (χ1) is 11.9. The van der Waals surface area contributed by atoms with Crippen molar-refractivity contribution >= 4 is 46.8 Å². The van der Waals surface area contributed by atoms with Crippen LogP contribution in [0, 0.1) is 10.1 Å². The standard InChI is InChI=1S/C16H11Cl2N3O4/c17-13-6-2-3-10(15(13)18)7-8-14(22)19-20-16(23)11-4-1-5-12(9-11)21(24)25/h1-9H,(H,19,22)(H,20,23)/b8-7+. The van der Waals surface area contributed by atoms with Gasteiger partial charge in [0, 0.05) is 23.8 Å². The lowest BCUT2D eigenvalue weighted by molar-refractivity contribution is -0.384. The number of amides is 2. The molecule has 0 aliphatic rings. The predicted octanol–water partition coefficient (Wildman–Crippen LogP) is 3.38. The third kappa shape index (κ3) is 5.03. The van der Waals surface area contributed by atoms with Gasteiger partial charge in [-0.3, -0.25) is 30.6 Å². The number of nitro groups is 1. The molecule has 2 aromatic rings. The monoisotopic (exact) mass is 379 g/mol. The van der Waals surface area contributed by atoms with Crippen molar-refractivity contribution in [1.29, 1.82) is 0 Å². The van der Waals surface area contributed by atoms with Crippen LogP contribution in [0.25, 0.3) is 6.08 Å². The molecular weight excluding hydrogens is 369 g/mol. The summed E-state index contributed by atoms with van der Waals surface area (Å²) in [6.45, 7) is 0. The van der Waals surface area contributed by atoms with Crippen molar-refractivity contribution in [2.45, 2.75) is 0 Å². The first-order valence-corrected chi connectivity index (χ1v) is 7.61. The van der Waals surface area contributed by atoms with Crippen molar-refractivity contribution in [2.75, 3.05) is 0 Å². The highest BCUT2D eigenvalue weighted by molar-refractivity contribution is 6.42. The molecule has 0 radical (unpaired) electrons. The SMILES string of the molecule is O=C(/C=C/c1cccc(Cl)c1Cl)NNC(=O)c1cccc([N+](=O)[O-])c1. The van der Waals surface area contributed by atoms with Gasteiger partial charge in [-0.15, -0.1) is 0 Å². The fourth-order valence-electron chi connectivity index (χ4n) is 1.81. The Labute approximate surface area is 152 Å². The first-order valence-electron chi connectivity index (χ1n) is 6.85. The van der Waals surface area contributed by atoms with Crippen LogP contribution in [0.2, 0.25) is 10.0 Å². The van der Waals surface area contributed by atoms with Gasteiger partial charge in [0.15, 0.2) is 0 Å². The number of hydrogen-bond acceptors (Lipinski definition) is 4. The fourth-order valence-corrected chi connectivity index (χ4v) is 2.18. The van der Waals surface area contributed by atoms with Gasteiger partial charge in [0.1, 0.15) is 0 Å². The number of carbonyl (C=O) groups excluding carboxylic acids is 2. The lowest BCUT2D eigenvalue weighted by Gasteiger charge is -2.05. The molecule has 0 spiro atoms. The summed E-state index contributed by atoms with van der Waals surface area (Å²) in [6, 6.07) is 10.1. The summed E-state index contributed by atoms with van der Waals surface area (Å²) < 4.78 is 0. The molecule has 0 heterocycles. The van der Waals surface area contributed by atoms with Gasteiger partial charge in [0.2, 0.25) is 0 Å². The second-order valence-electron chi connectivity index (χ2n) is 4.73. The highest BCUT2D eigenvalue weighted by atomic mass is 35.5. The van der Waals surface area contributed by atoms with Gasteiger partial charge in [0.05, 0.1) is 15.0 Å².